The van der Waals surface area contributed by atoms with Crippen molar-refractivity contribution < 1.29 is 8.78 Å². The molecular weight excluding hydrogens is 250 g/mol. The van der Waals surface area contributed by atoms with Gasteiger partial charge in [0.15, 0.2) is 0 Å². The molecule has 0 fully saturated rings. The second-order valence-electron chi connectivity index (χ2n) is 3.59. The number of benzene rings is 1. The van der Waals surface area contributed by atoms with Crippen LogP contribution in [0.25, 0.3) is 0 Å². The quantitative estimate of drug-likeness (QED) is 0.703. The average Bonchev–Trinajstić information content (AvgIpc) is 2.10. The molecule has 0 saturated carbocycles. The molecule has 0 heterocycles. The van der Waals surface area contributed by atoms with E-state index in [4.69, 9.17) is 0 Å². The molecule has 1 aromatic rings. The molecule has 0 N–H and O–H groups in total. The summed E-state index contributed by atoms with van der Waals surface area (Å²) in [6.07, 6.45) is 0. The fourth-order valence-corrected chi connectivity index (χ4v) is 1.54. The van der Waals surface area contributed by atoms with Crippen molar-refractivity contribution in [2.24, 2.45) is 0 Å². The third kappa shape index (κ3) is 2.32. The van der Waals surface area contributed by atoms with E-state index >= 15 is 0 Å². The fraction of sp³-hybridized carbons (Fsp3) is 0.455. The molecular formula is C11H13BrF2. The van der Waals surface area contributed by atoms with E-state index in [2.05, 4.69) is 15.9 Å². The summed E-state index contributed by atoms with van der Waals surface area (Å²) in [7, 11) is 0. The zero-order chi connectivity index (χ0) is 10.9. The molecule has 0 aliphatic rings. The van der Waals surface area contributed by atoms with Crippen LogP contribution in [-0.2, 0) is 0 Å². The van der Waals surface area contributed by atoms with Gasteiger partial charge in [-0.3, -0.25) is 0 Å². The standard InChI is InChI=1S/C11H13BrF2/c1-6-4-11(14)9(5-10(6)13)7(2)8(3)12/h4-5,7-8H,1-3H3. The lowest BCUT2D eigenvalue weighted by Crippen LogP contribution is -2.07. The third-order valence-corrected chi connectivity index (χ3v) is 3.25. The molecule has 0 radical (unpaired) electrons. The van der Waals surface area contributed by atoms with E-state index in [1.807, 2.05) is 13.8 Å². The molecule has 0 aliphatic carbocycles. The van der Waals surface area contributed by atoms with Crippen molar-refractivity contribution in [1.82, 2.24) is 0 Å². The Labute approximate surface area is 91.5 Å². The average molecular weight is 263 g/mol. The van der Waals surface area contributed by atoms with Gasteiger partial charge in [-0.1, -0.05) is 29.8 Å². The summed E-state index contributed by atoms with van der Waals surface area (Å²) in [6, 6.07) is 2.53. The minimum Gasteiger partial charge on any atom is -0.207 e. The summed E-state index contributed by atoms with van der Waals surface area (Å²) in [5.74, 6) is -0.714. The summed E-state index contributed by atoms with van der Waals surface area (Å²) in [4.78, 5) is 0.124. The zero-order valence-corrected chi connectivity index (χ0v) is 10.0. The van der Waals surface area contributed by atoms with E-state index in [1.54, 1.807) is 6.92 Å². The lowest BCUT2D eigenvalue weighted by atomic mass is 9.96. The van der Waals surface area contributed by atoms with Gasteiger partial charge in [0.25, 0.3) is 0 Å². The van der Waals surface area contributed by atoms with Gasteiger partial charge in [-0.2, -0.15) is 0 Å². The first-order valence-electron chi connectivity index (χ1n) is 4.53. The summed E-state index contributed by atoms with van der Waals surface area (Å²) in [5.41, 5.74) is 0.776. The van der Waals surface area contributed by atoms with E-state index < -0.39 is 0 Å². The smallest absolute Gasteiger partial charge is 0.127 e. The molecule has 0 spiro atoms. The van der Waals surface area contributed by atoms with E-state index in [0.29, 0.717) is 11.1 Å². The summed E-state index contributed by atoms with van der Waals surface area (Å²) >= 11 is 3.36. The fourth-order valence-electron chi connectivity index (χ4n) is 1.26. The van der Waals surface area contributed by atoms with Gasteiger partial charge in [-0.25, -0.2) is 8.78 Å². The van der Waals surface area contributed by atoms with Crippen LogP contribution in [0.15, 0.2) is 12.1 Å². The van der Waals surface area contributed by atoms with Crippen LogP contribution < -0.4 is 0 Å². The van der Waals surface area contributed by atoms with Crippen molar-refractivity contribution in [3.8, 4) is 0 Å². The van der Waals surface area contributed by atoms with E-state index in [0.717, 1.165) is 0 Å². The summed E-state index contributed by atoms with van der Waals surface area (Å²) < 4.78 is 26.7. The van der Waals surface area contributed by atoms with Crippen molar-refractivity contribution >= 4 is 15.9 Å². The predicted molar refractivity (Wildman–Crippen MR) is 57.9 cm³/mol. The minimum atomic E-state index is -0.346. The van der Waals surface area contributed by atoms with Crippen molar-refractivity contribution in [3.63, 3.8) is 0 Å². The maximum absolute atomic E-state index is 13.5. The second-order valence-corrected chi connectivity index (χ2v) is 5.03. The number of halogens is 3. The Bertz CT molecular complexity index is 334. The highest BCUT2D eigenvalue weighted by Gasteiger charge is 2.17. The lowest BCUT2D eigenvalue weighted by Gasteiger charge is -2.16. The van der Waals surface area contributed by atoms with Crippen LogP contribution in [0.4, 0.5) is 8.78 Å². The molecule has 0 amide bonds. The van der Waals surface area contributed by atoms with Crippen LogP contribution in [0.5, 0.6) is 0 Å². The molecule has 0 bridgehead atoms. The van der Waals surface area contributed by atoms with E-state index in [9.17, 15) is 8.78 Å². The Balaban J connectivity index is 3.15. The first-order chi connectivity index (χ1) is 6.43. The molecule has 1 aromatic carbocycles. The van der Waals surface area contributed by atoms with Crippen LogP contribution in [0.1, 0.15) is 30.9 Å². The Hall–Kier alpha value is -0.440. The highest BCUT2D eigenvalue weighted by molar-refractivity contribution is 9.09. The Morgan fingerprint density at radius 1 is 1.14 bits per heavy atom. The van der Waals surface area contributed by atoms with Crippen LogP contribution in [0.2, 0.25) is 0 Å². The van der Waals surface area contributed by atoms with Crippen molar-refractivity contribution in [2.75, 3.05) is 0 Å². The van der Waals surface area contributed by atoms with E-state index in [-0.39, 0.29) is 22.4 Å². The van der Waals surface area contributed by atoms with Gasteiger partial charge in [0, 0.05) is 4.83 Å². The number of alkyl halides is 1. The molecule has 0 aromatic heterocycles. The maximum atomic E-state index is 13.5. The maximum Gasteiger partial charge on any atom is 0.127 e. The monoisotopic (exact) mass is 262 g/mol. The normalized spacial score (nSPS) is 15.3. The van der Waals surface area contributed by atoms with Gasteiger partial charge in [0.2, 0.25) is 0 Å². The first-order valence-corrected chi connectivity index (χ1v) is 5.44. The zero-order valence-electron chi connectivity index (χ0n) is 8.44. The minimum absolute atomic E-state index is 0.0369. The summed E-state index contributed by atoms with van der Waals surface area (Å²) in [6.45, 7) is 5.35. The predicted octanol–water partition coefficient (Wildman–Crippen LogP) is 4.16. The Kier molecular flexibility index (Phi) is 3.65. The van der Waals surface area contributed by atoms with Crippen LogP contribution in [0, 0.1) is 18.6 Å². The van der Waals surface area contributed by atoms with Gasteiger partial charge in [0.1, 0.15) is 11.6 Å². The van der Waals surface area contributed by atoms with Gasteiger partial charge in [-0.15, -0.1) is 0 Å². The van der Waals surface area contributed by atoms with E-state index in [1.165, 1.54) is 12.1 Å². The SMILES string of the molecule is Cc1cc(F)c(C(C)C(C)Br)cc1F. The van der Waals surface area contributed by atoms with Gasteiger partial charge in [0.05, 0.1) is 0 Å². The molecule has 1 rings (SSSR count). The molecule has 78 valence electrons. The van der Waals surface area contributed by atoms with Gasteiger partial charge in [-0.05, 0) is 36.1 Å². The number of hydrogen-bond acceptors (Lipinski definition) is 0. The highest BCUT2D eigenvalue weighted by atomic mass is 79.9. The van der Waals surface area contributed by atoms with Crippen LogP contribution in [0.3, 0.4) is 0 Å². The topological polar surface area (TPSA) is 0 Å². The Morgan fingerprint density at radius 2 is 1.71 bits per heavy atom. The summed E-state index contributed by atoms with van der Waals surface area (Å²) in [5, 5.41) is 0. The largest absolute Gasteiger partial charge is 0.207 e. The Morgan fingerprint density at radius 3 is 2.21 bits per heavy atom. The highest BCUT2D eigenvalue weighted by Crippen LogP contribution is 2.28. The van der Waals surface area contributed by atoms with Crippen LogP contribution in [-0.4, -0.2) is 4.83 Å². The lowest BCUT2D eigenvalue weighted by molar-refractivity contribution is 0.562. The number of aryl methyl sites for hydroxylation is 1. The molecule has 14 heavy (non-hydrogen) atoms. The van der Waals surface area contributed by atoms with Crippen molar-refractivity contribution in [3.05, 3.63) is 34.9 Å². The van der Waals surface area contributed by atoms with Gasteiger partial charge >= 0.3 is 0 Å². The second kappa shape index (κ2) is 4.39. The molecule has 0 nitrogen and oxygen atoms in total. The van der Waals surface area contributed by atoms with Crippen LogP contribution >= 0.6 is 15.9 Å². The molecule has 2 atom stereocenters. The number of hydrogen-bond donors (Lipinski definition) is 0. The molecule has 0 aliphatic heterocycles. The van der Waals surface area contributed by atoms with Crippen molar-refractivity contribution in [2.45, 2.75) is 31.5 Å². The van der Waals surface area contributed by atoms with Gasteiger partial charge < -0.3 is 0 Å². The molecule has 2 unspecified atom stereocenters. The first kappa shape index (κ1) is 11.6. The van der Waals surface area contributed by atoms with Crippen molar-refractivity contribution in [1.29, 1.82) is 0 Å². The number of rotatable bonds is 2. The third-order valence-electron chi connectivity index (χ3n) is 2.46. The molecule has 3 heteroatoms. The molecule has 0 saturated heterocycles.